The predicted octanol–water partition coefficient (Wildman–Crippen LogP) is 2.31. The highest BCUT2D eigenvalue weighted by Crippen LogP contribution is 2.21. The van der Waals surface area contributed by atoms with E-state index < -0.39 is 0 Å². The fourth-order valence-electron chi connectivity index (χ4n) is 0.659. The van der Waals surface area contributed by atoms with Gasteiger partial charge >= 0.3 is 5.71 Å². The molecule has 1 aliphatic rings. The average Bonchev–Trinajstić information content (AvgIpc) is 1.95. The van der Waals surface area contributed by atoms with E-state index in [2.05, 4.69) is 4.79 Å². The Morgan fingerprint density at radius 3 is 2.70 bits per heavy atom. The summed E-state index contributed by atoms with van der Waals surface area (Å²) in [5, 5.41) is 0.743. The third kappa shape index (κ3) is 1.29. The largest absolute Gasteiger partial charge is 0.361 e. The van der Waals surface area contributed by atoms with Crippen LogP contribution in [0.1, 0.15) is 6.42 Å². The van der Waals surface area contributed by atoms with Crippen molar-refractivity contribution in [1.29, 1.82) is 0 Å². The molecule has 52 valence electrons. The molecular formula is C6H4Cl2N2. The molecule has 0 N–H and O–H groups in total. The molecule has 0 aliphatic heterocycles. The molecule has 0 fully saturated rings. The molecule has 0 saturated heterocycles. The van der Waals surface area contributed by atoms with Crippen LogP contribution in [0.3, 0.4) is 0 Å². The summed E-state index contributed by atoms with van der Waals surface area (Å²) in [6.07, 6.45) is 3.99. The van der Waals surface area contributed by atoms with Gasteiger partial charge in [-0.2, -0.15) is 4.79 Å². The first-order valence-electron chi connectivity index (χ1n) is 2.69. The van der Waals surface area contributed by atoms with Crippen molar-refractivity contribution in [2.45, 2.75) is 6.42 Å². The second-order valence-corrected chi connectivity index (χ2v) is 2.60. The monoisotopic (exact) mass is 174 g/mol. The lowest BCUT2D eigenvalue weighted by Gasteiger charge is -1.97. The van der Waals surface area contributed by atoms with Gasteiger partial charge in [0.15, 0.2) is 0 Å². The van der Waals surface area contributed by atoms with Gasteiger partial charge in [-0.05, 0) is 6.08 Å². The summed E-state index contributed by atoms with van der Waals surface area (Å²) in [6.45, 7) is 0. The van der Waals surface area contributed by atoms with Crippen molar-refractivity contribution in [1.82, 2.24) is 0 Å². The van der Waals surface area contributed by atoms with Crippen molar-refractivity contribution in [2.24, 2.45) is 0 Å². The molecule has 2 nitrogen and oxygen atoms in total. The zero-order valence-electron chi connectivity index (χ0n) is 5.01. The second kappa shape index (κ2) is 3.02. The number of nitrogens with zero attached hydrogens (tertiary/aromatic N) is 2. The Morgan fingerprint density at radius 1 is 1.50 bits per heavy atom. The summed E-state index contributed by atoms with van der Waals surface area (Å²) in [4.78, 5) is 2.97. The molecular weight excluding hydrogens is 171 g/mol. The Kier molecular flexibility index (Phi) is 2.28. The summed E-state index contributed by atoms with van der Waals surface area (Å²) < 4.78 is 0. The van der Waals surface area contributed by atoms with Gasteiger partial charge in [-0.15, -0.1) is 0 Å². The van der Waals surface area contributed by atoms with Crippen LogP contribution in [0.2, 0.25) is 0 Å². The van der Waals surface area contributed by atoms with E-state index in [-0.39, 0.29) is 0 Å². The van der Waals surface area contributed by atoms with Crippen molar-refractivity contribution in [3.05, 3.63) is 27.7 Å². The van der Waals surface area contributed by atoms with E-state index in [4.69, 9.17) is 28.7 Å². The van der Waals surface area contributed by atoms with Crippen LogP contribution in [0, 0.1) is 0 Å². The zero-order valence-corrected chi connectivity index (χ0v) is 6.52. The third-order valence-corrected chi connectivity index (χ3v) is 1.99. The Labute approximate surface area is 68.4 Å². The standard InChI is InChI=1S/C6H4Cl2N2/c7-4-2-1-3-5(10-9)6(4)8/h1-2H,3H2. The fraction of sp³-hybridized carbons (Fsp3) is 0.167. The van der Waals surface area contributed by atoms with E-state index >= 15 is 0 Å². The van der Waals surface area contributed by atoms with Gasteiger partial charge in [0, 0.05) is 0 Å². The normalized spacial score (nSPS) is 17.6. The topological polar surface area (TPSA) is 36.4 Å². The first-order valence-corrected chi connectivity index (χ1v) is 3.44. The lowest BCUT2D eigenvalue weighted by atomic mass is 10.1. The molecule has 4 heteroatoms. The smallest absolute Gasteiger partial charge is 0.315 e. The number of hydrogen-bond donors (Lipinski definition) is 0. The minimum Gasteiger partial charge on any atom is -0.361 e. The van der Waals surface area contributed by atoms with Crippen LogP contribution < -0.4 is 0 Å². The maximum atomic E-state index is 8.36. The molecule has 0 aromatic heterocycles. The Balaban J connectivity index is 3.10. The van der Waals surface area contributed by atoms with Gasteiger partial charge in [0.25, 0.3) is 0 Å². The molecule has 0 saturated carbocycles. The maximum absolute atomic E-state index is 8.36. The van der Waals surface area contributed by atoms with Crippen LogP contribution in [0.4, 0.5) is 0 Å². The van der Waals surface area contributed by atoms with Crippen LogP contribution in [0.25, 0.3) is 5.53 Å². The molecule has 0 radical (unpaired) electrons. The van der Waals surface area contributed by atoms with Crippen LogP contribution in [-0.2, 0) is 0 Å². The van der Waals surface area contributed by atoms with Gasteiger partial charge in [0.1, 0.15) is 5.03 Å². The average molecular weight is 175 g/mol. The molecule has 0 atom stereocenters. The lowest BCUT2D eigenvalue weighted by molar-refractivity contribution is -0.00581. The van der Waals surface area contributed by atoms with Crippen molar-refractivity contribution in [2.75, 3.05) is 0 Å². The lowest BCUT2D eigenvalue weighted by Crippen LogP contribution is -2.02. The van der Waals surface area contributed by atoms with Crippen LogP contribution in [0.5, 0.6) is 0 Å². The molecule has 0 amide bonds. The van der Waals surface area contributed by atoms with Crippen molar-refractivity contribution < 1.29 is 4.79 Å². The van der Waals surface area contributed by atoms with Crippen molar-refractivity contribution in [3.8, 4) is 0 Å². The van der Waals surface area contributed by atoms with Crippen LogP contribution in [-0.4, -0.2) is 10.5 Å². The van der Waals surface area contributed by atoms with Crippen LogP contribution >= 0.6 is 23.2 Å². The molecule has 0 unspecified atom stereocenters. The minimum atomic E-state index is 0.326. The molecule has 10 heavy (non-hydrogen) atoms. The summed E-state index contributed by atoms with van der Waals surface area (Å²) in [6, 6.07) is 0. The van der Waals surface area contributed by atoms with Crippen molar-refractivity contribution in [3.63, 3.8) is 0 Å². The highest BCUT2D eigenvalue weighted by Gasteiger charge is 2.17. The van der Waals surface area contributed by atoms with Gasteiger partial charge in [-0.25, -0.2) is 0 Å². The molecule has 0 spiro atoms. The Morgan fingerprint density at radius 2 is 2.20 bits per heavy atom. The fourth-order valence-corrected chi connectivity index (χ4v) is 1.04. The number of hydrogen-bond acceptors (Lipinski definition) is 0. The van der Waals surface area contributed by atoms with Gasteiger partial charge < -0.3 is 5.53 Å². The van der Waals surface area contributed by atoms with E-state index in [1.54, 1.807) is 12.2 Å². The summed E-state index contributed by atoms with van der Waals surface area (Å²) in [5.41, 5.74) is 8.77. The Hall–Kier alpha value is -0.560. The van der Waals surface area contributed by atoms with E-state index in [0.717, 1.165) is 0 Å². The minimum absolute atomic E-state index is 0.326. The summed E-state index contributed by atoms with van der Waals surface area (Å²) in [7, 11) is 0. The Bertz CT molecular complexity index is 259. The van der Waals surface area contributed by atoms with Crippen molar-refractivity contribution >= 4 is 28.9 Å². The number of allylic oxidation sites excluding steroid dienone is 4. The maximum Gasteiger partial charge on any atom is 0.315 e. The highest BCUT2D eigenvalue weighted by molar-refractivity contribution is 6.49. The first kappa shape index (κ1) is 7.55. The second-order valence-electron chi connectivity index (χ2n) is 1.82. The zero-order chi connectivity index (χ0) is 7.56. The quantitative estimate of drug-likeness (QED) is 0.400. The summed E-state index contributed by atoms with van der Waals surface area (Å²) in [5.74, 6) is 0. The number of halogens is 2. The van der Waals surface area contributed by atoms with E-state index in [1.165, 1.54) is 0 Å². The first-order chi connectivity index (χ1) is 4.75. The van der Waals surface area contributed by atoms with Gasteiger partial charge in [-0.1, -0.05) is 29.3 Å². The van der Waals surface area contributed by atoms with Gasteiger partial charge in [0.05, 0.1) is 11.5 Å². The van der Waals surface area contributed by atoms with Crippen LogP contribution in [0.15, 0.2) is 22.2 Å². The molecule has 0 bridgehead atoms. The third-order valence-electron chi connectivity index (χ3n) is 1.16. The number of rotatable bonds is 0. The van der Waals surface area contributed by atoms with E-state index in [0.29, 0.717) is 22.2 Å². The molecule has 1 rings (SSSR count). The molecule has 0 aromatic rings. The SMILES string of the molecule is [N-]=[N+]=C1CC=CC(Cl)=C1Cl. The summed E-state index contributed by atoms with van der Waals surface area (Å²) >= 11 is 11.2. The molecule has 0 aromatic carbocycles. The molecule has 0 heterocycles. The van der Waals surface area contributed by atoms with E-state index in [9.17, 15) is 0 Å². The molecule has 1 aliphatic carbocycles. The highest BCUT2D eigenvalue weighted by atomic mass is 35.5. The predicted molar refractivity (Wildman–Crippen MR) is 41.1 cm³/mol. The van der Waals surface area contributed by atoms with E-state index in [1.807, 2.05) is 0 Å². The van der Waals surface area contributed by atoms with Gasteiger partial charge in [-0.3, -0.25) is 0 Å². The van der Waals surface area contributed by atoms with Gasteiger partial charge in [0.2, 0.25) is 0 Å².